The van der Waals surface area contributed by atoms with Crippen molar-refractivity contribution in [3.63, 3.8) is 0 Å². The van der Waals surface area contributed by atoms with Crippen LogP contribution in [-0.2, 0) is 9.59 Å². The monoisotopic (exact) mass is 389 g/mol. The first-order valence-electron chi connectivity index (χ1n) is 8.89. The standard InChI is InChI=1S/C22H19N3O4/c1-24(22(27)13-12-16-6-4-9-18(14-16)25(28)29)15-21(26)23-20-11-5-8-17-7-2-3-10-19(17)20/h2-14H,15H2,1H3,(H,23,26). The lowest BCUT2D eigenvalue weighted by atomic mass is 10.1. The van der Waals surface area contributed by atoms with Crippen LogP contribution in [0.4, 0.5) is 11.4 Å². The first-order chi connectivity index (χ1) is 13.9. The molecule has 0 heterocycles. The van der Waals surface area contributed by atoms with E-state index in [2.05, 4.69) is 5.32 Å². The minimum atomic E-state index is -0.497. The predicted molar refractivity (Wildman–Crippen MR) is 112 cm³/mol. The van der Waals surface area contributed by atoms with Crippen LogP contribution >= 0.6 is 0 Å². The number of anilines is 1. The number of non-ortho nitro benzene ring substituents is 1. The maximum absolute atomic E-state index is 12.4. The average molecular weight is 389 g/mol. The zero-order valence-electron chi connectivity index (χ0n) is 15.7. The van der Waals surface area contributed by atoms with Crippen LogP contribution in [0.2, 0.25) is 0 Å². The number of nitrogens with one attached hydrogen (secondary N) is 1. The highest BCUT2D eigenvalue weighted by atomic mass is 16.6. The lowest BCUT2D eigenvalue weighted by molar-refractivity contribution is -0.384. The summed E-state index contributed by atoms with van der Waals surface area (Å²) in [6, 6.07) is 19.3. The second-order valence-electron chi connectivity index (χ2n) is 6.45. The molecular formula is C22H19N3O4. The fourth-order valence-corrected chi connectivity index (χ4v) is 2.85. The zero-order valence-corrected chi connectivity index (χ0v) is 15.7. The highest BCUT2D eigenvalue weighted by Gasteiger charge is 2.12. The average Bonchev–Trinajstić information content (AvgIpc) is 2.72. The number of rotatable bonds is 6. The lowest BCUT2D eigenvalue weighted by Crippen LogP contribution is -2.33. The molecule has 0 aromatic heterocycles. The van der Waals surface area contributed by atoms with Crippen molar-refractivity contribution in [2.75, 3.05) is 18.9 Å². The van der Waals surface area contributed by atoms with E-state index in [4.69, 9.17) is 0 Å². The van der Waals surface area contributed by atoms with E-state index in [-0.39, 0.29) is 24.0 Å². The Morgan fingerprint density at radius 2 is 1.79 bits per heavy atom. The van der Waals surface area contributed by atoms with E-state index in [1.54, 1.807) is 12.1 Å². The van der Waals surface area contributed by atoms with Crippen LogP contribution in [0.5, 0.6) is 0 Å². The normalized spacial score (nSPS) is 10.8. The molecule has 0 unspecified atom stereocenters. The van der Waals surface area contributed by atoms with Gasteiger partial charge in [0.2, 0.25) is 11.8 Å². The molecule has 0 atom stereocenters. The van der Waals surface area contributed by atoms with E-state index < -0.39 is 4.92 Å². The molecular weight excluding hydrogens is 370 g/mol. The van der Waals surface area contributed by atoms with Gasteiger partial charge in [0.05, 0.1) is 11.5 Å². The predicted octanol–water partition coefficient (Wildman–Crippen LogP) is 3.86. The van der Waals surface area contributed by atoms with Crippen LogP contribution in [0.15, 0.2) is 72.8 Å². The Hall–Kier alpha value is -4.00. The molecule has 1 N–H and O–H groups in total. The largest absolute Gasteiger partial charge is 0.333 e. The number of carbonyl (C=O) groups excluding carboxylic acids is 2. The smallest absolute Gasteiger partial charge is 0.270 e. The maximum atomic E-state index is 12.4. The molecule has 3 aromatic rings. The first kappa shape index (κ1) is 19.8. The number of nitro groups is 1. The summed E-state index contributed by atoms with van der Waals surface area (Å²) in [5.41, 5.74) is 1.16. The lowest BCUT2D eigenvalue weighted by Gasteiger charge is -2.15. The minimum absolute atomic E-state index is 0.0533. The number of amides is 2. The van der Waals surface area contributed by atoms with Crippen LogP contribution in [-0.4, -0.2) is 35.2 Å². The zero-order chi connectivity index (χ0) is 20.8. The van der Waals surface area contributed by atoms with Crippen LogP contribution < -0.4 is 5.32 Å². The molecule has 0 aliphatic rings. The van der Waals surface area contributed by atoms with E-state index in [1.165, 1.54) is 36.2 Å². The summed E-state index contributed by atoms with van der Waals surface area (Å²) in [4.78, 5) is 36.2. The Morgan fingerprint density at radius 3 is 2.59 bits per heavy atom. The Kier molecular flexibility index (Phi) is 5.99. The van der Waals surface area contributed by atoms with Crippen molar-refractivity contribution in [1.82, 2.24) is 4.90 Å². The second kappa shape index (κ2) is 8.79. The van der Waals surface area contributed by atoms with Gasteiger partial charge in [-0.05, 0) is 23.1 Å². The summed E-state index contributed by atoms with van der Waals surface area (Å²) in [5.74, 6) is -0.703. The van der Waals surface area contributed by atoms with Crippen molar-refractivity contribution in [3.8, 4) is 0 Å². The van der Waals surface area contributed by atoms with Gasteiger partial charge in [0.1, 0.15) is 0 Å². The summed E-state index contributed by atoms with van der Waals surface area (Å²) in [6.45, 7) is -0.124. The van der Waals surface area contributed by atoms with Gasteiger partial charge in [-0.15, -0.1) is 0 Å². The van der Waals surface area contributed by atoms with Crippen molar-refractivity contribution in [3.05, 3.63) is 88.5 Å². The summed E-state index contributed by atoms with van der Waals surface area (Å²) >= 11 is 0. The number of likely N-dealkylation sites (N-methyl/N-ethyl adjacent to an activating group) is 1. The molecule has 3 aromatic carbocycles. The van der Waals surface area contributed by atoms with Gasteiger partial charge in [0.25, 0.3) is 5.69 Å². The molecule has 3 rings (SSSR count). The molecule has 29 heavy (non-hydrogen) atoms. The molecule has 0 bridgehead atoms. The summed E-state index contributed by atoms with van der Waals surface area (Å²) in [7, 11) is 1.52. The summed E-state index contributed by atoms with van der Waals surface area (Å²) in [5, 5.41) is 15.6. The van der Waals surface area contributed by atoms with Crippen LogP contribution in [0.25, 0.3) is 16.8 Å². The van der Waals surface area contributed by atoms with Crippen LogP contribution in [0.3, 0.4) is 0 Å². The molecule has 146 valence electrons. The summed E-state index contributed by atoms with van der Waals surface area (Å²) in [6.07, 6.45) is 2.76. The number of hydrogen-bond donors (Lipinski definition) is 1. The van der Waals surface area contributed by atoms with Crippen molar-refractivity contribution in [2.45, 2.75) is 0 Å². The molecule has 0 aliphatic carbocycles. The van der Waals surface area contributed by atoms with Gasteiger partial charge < -0.3 is 10.2 Å². The number of benzene rings is 3. The topological polar surface area (TPSA) is 92.6 Å². The number of nitro benzene ring substituents is 1. The third kappa shape index (κ3) is 5.04. The van der Waals surface area contributed by atoms with Gasteiger partial charge in [-0.3, -0.25) is 19.7 Å². The number of hydrogen-bond acceptors (Lipinski definition) is 4. The Morgan fingerprint density at radius 1 is 1.07 bits per heavy atom. The van der Waals surface area contributed by atoms with Gasteiger partial charge in [-0.25, -0.2) is 0 Å². The molecule has 0 saturated heterocycles. The number of nitrogens with zero attached hydrogens (tertiary/aromatic N) is 2. The Bertz CT molecular complexity index is 1100. The van der Waals surface area contributed by atoms with Gasteiger partial charge in [-0.2, -0.15) is 0 Å². The Balaban J connectivity index is 1.62. The van der Waals surface area contributed by atoms with E-state index in [9.17, 15) is 19.7 Å². The fourth-order valence-electron chi connectivity index (χ4n) is 2.85. The third-order valence-electron chi connectivity index (χ3n) is 4.32. The molecule has 0 aliphatic heterocycles. The van der Waals surface area contributed by atoms with Crippen molar-refractivity contribution >= 4 is 40.0 Å². The molecule has 0 saturated carbocycles. The highest BCUT2D eigenvalue weighted by molar-refractivity contribution is 6.04. The molecule has 2 amide bonds. The minimum Gasteiger partial charge on any atom is -0.333 e. The second-order valence-corrected chi connectivity index (χ2v) is 6.45. The molecule has 0 radical (unpaired) electrons. The molecule has 0 spiro atoms. The third-order valence-corrected chi connectivity index (χ3v) is 4.32. The van der Waals surface area contributed by atoms with Gasteiger partial charge >= 0.3 is 0 Å². The molecule has 0 fully saturated rings. The van der Waals surface area contributed by atoms with E-state index in [0.29, 0.717) is 11.3 Å². The SMILES string of the molecule is CN(CC(=O)Nc1cccc2ccccc12)C(=O)C=Cc1cccc([N+](=O)[O-])c1. The number of carbonyl (C=O) groups is 2. The van der Waals surface area contributed by atoms with Crippen molar-refractivity contribution in [2.24, 2.45) is 0 Å². The van der Waals surface area contributed by atoms with Gasteiger partial charge in [-0.1, -0.05) is 48.5 Å². The van der Waals surface area contributed by atoms with E-state index >= 15 is 0 Å². The first-order valence-corrected chi connectivity index (χ1v) is 8.89. The maximum Gasteiger partial charge on any atom is 0.270 e. The molecule has 7 nitrogen and oxygen atoms in total. The van der Waals surface area contributed by atoms with Crippen LogP contribution in [0.1, 0.15) is 5.56 Å². The quantitative estimate of drug-likeness (QED) is 0.394. The van der Waals surface area contributed by atoms with Gasteiger partial charge in [0.15, 0.2) is 0 Å². The van der Waals surface area contributed by atoms with Crippen molar-refractivity contribution in [1.29, 1.82) is 0 Å². The van der Waals surface area contributed by atoms with E-state index in [1.807, 2.05) is 42.5 Å². The van der Waals surface area contributed by atoms with E-state index in [0.717, 1.165) is 10.8 Å². The highest BCUT2D eigenvalue weighted by Crippen LogP contribution is 2.22. The number of fused-ring (bicyclic) bond motifs is 1. The van der Waals surface area contributed by atoms with Crippen LogP contribution in [0, 0.1) is 10.1 Å². The summed E-state index contributed by atoms with van der Waals surface area (Å²) < 4.78 is 0. The van der Waals surface area contributed by atoms with Crippen molar-refractivity contribution < 1.29 is 14.5 Å². The Labute approximate surface area is 167 Å². The van der Waals surface area contributed by atoms with Gasteiger partial charge in [0, 0.05) is 36.3 Å². The fraction of sp³-hybridized carbons (Fsp3) is 0.0909. The molecule has 7 heteroatoms.